The van der Waals surface area contributed by atoms with Crippen molar-refractivity contribution >= 4 is 11.0 Å². The molecule has 86 valence electrons. The maximum atomic E-state index is 4.61. The molecule has 0 saturated heterocycles. The van der Waals surface area contributed by atoms with Crippen LogP contribution in [0.3, 0.4) is 0 Å². The van der Waals surface area contributed by atoms with Crippen LogP contribution < -0.4 is 0 Å². The van der Waals surface area contributed by atoms with Gasteiger partial charge in [0.2, 0.25) is 0 Å². The third-order valence-electron chi connectivity index (χ3n) is 2.40. The van der Waals surface area contributed by atoms with Gasteiger partial charge in [-0.2, -0.15) is 0 Å². The Labute approximate surface area is 97.7 Å². The zero-order chi connectivity index (χ0) is 12.1. The molecule has 0 atom stereocenters. The normalized spacial score (nSPS) is 10.1. The average molecular weight is 216 g/mol. The monoisotopic (exact) mass is 216 g/mol. The van der Waals surface area contributed by atoms with Gasteiger partial charge < -0.3 is 0 Å². The second kappa shape index (κ2) is 5.59. The fraction of sp³-hybridized carbons (Fsp3) is 0.429. The predicted octanol–water partition coefficient (Wildman–Crippen LogP) is 4.09. The summed E-state index contributed by atoms with van der Waals surface area (Å²) in [7, 11) is 0. The van der Waals surface area contributed by atoms with Crippen molar-refractivity contribution in [3.05, 3.63) is 35.7 Å². The molecular formula is C14H20N2. The lowest BCUT2D eigenvalue weighted by Gasteiger charge is -2.06. The number of nitrogens with zero attached hydrogens (tertiary/aromatic N) is 2. The molecule has 0 spiro atoms. The summed E-state index contributed by atoms with van der Waals surface area (Å²) < 4.78 is 0. The van der Waals surface area contributed by atoms with Crippen LogP contribution in [0.15, 0.2) is 24.4 Å². The molecular weight excluding hydrogens is 196 g/mol. The summed E-state index contributed by atoms with van der Waals surface area (Å²) in [6.07, 6.45) is 1.83. The van der Waals surface area contributed by atoms with E-state index < -0.39 is 0 Å². The van der Waals surface area contributed by atoms with Crippen LogP contribution in [0.1, 0.15) is 44.9 Å². The van der Waals surface area contributed by atoms with Crippen molar-refractivity contribution in [1.29, 1.82) is 0 Å². The van der Waals surface area contributed by atoms with E-state index in [1.165, 1.54) is 5.56 Å². The molecule has 0 amide bonds. The third kappa shape index (κ3) is 2.57. The lowest BCUT2D eigenvalue weighted by molar-refractivity contribution is 0.829. The summed E-state index contributed by atoms with van der Waals surface area (Å²) in [5.41, 5.74) is 4.33. The van der Waals surface area contributed by atoms with Gasteiger partial charge in [0, 0.05) is 11.9 Å². The minimum Gasteiger partial charge on any atom is -0.255 e. The Morgan fingerprint density at radius 2 is 1.75 bits per heavy atom. The summed E-state index contributed by atoms with van der Waals surface area (Å²) in [6.45, 7) is 10.4. The first-order chi connectivity index (χ1) is 7.68. The van der Waals surface area contributed by atoms with E-state index in [-0.39, 0.29) is 0 Å². The number of pyridine rings is 2. The standard InChI is InChI=1S/C12H14N2.C2H6/c1-8(2)10-4-5-11-12(14-10)9(3)6-7-13-11;1-2/h4-8H,1-3H3;1-2H3. The van der Waals surface area contributed by atoms with Gasteiger partial charge in [-0.15, -0.1) is 0 Å². The quantitative estimate of drug-likeness (QED) is 0.717. The van der Waals surface area contributed by atoms with Crippen LogP contribution in [-0.2, 0) is 0 Å². The minimum atomic E-state index is 0.471. The molecule has 0 aliphatic rings. The van der Waals surface area contributed by atoms with E-state index in [1.54, 1.807) is 0 Å². The highest BCUT2D eigenvalue weighted by Crippen LogP contribution is 2.18. The van der Waals surface area contributed by atoms with E-state index in [1.807, 2.05) is 32.2 Å². The first-order valence-corrected chi connectivity index (χ1v) is 5.91. The molecule has 0 fully saturated rings. The molecule has 0 saturated carbocycles. The largest absolute Gasteiger partial charge is 0.255 e. The van der Waals surface area contributed by atoms with Crippen molar-refractivity contribution in [3.8, 4) is 0 Å². The van der Waals surface area contributed by atoms with Crippen molar-refractivity contribution < 1.29 is 0 Å². The smallest absolute Gasteiger partial charge is 0.0919 e. The Morgan fingerprint density at radius 1 is 1.06 bits per heavy atom. The van der Waals surface area contributed by atoms with Crippen molar-refractivity contribution in [2.75, 3.05) is 0 Å². The molecule has 0 aliphatic heterocycles. The highest BCUT2D eigenvalue weighted by molar-refractivity contribution is 5.77. The fourth-order valence-corrected chi connectivity index (χ4v) is 1.49. The van der Waals surface area contributed by atoms with Gasteiger partial charge in [0.25, 0.3) is 0 Å². The van der Waals surface area contributed by atoms with Gasteiger partial charge in [0.05, 0.1) is 11.0 Å². The van der Waals surface area contributed by atoms with Gasteiger partial charge in [-0.25, -0.2) is 0 Å². The van der Waals surface area contributed by atoms with E-state index in [0.717, 1.165) is 16.7 Å². The first-order valence-electron chi connectivity index (χ1n) is 5.91. The van der Waals surface area contributed by atoms with Gasteiger partial charge in [-0.05, 0) is 36.6 Å². The van der Waals surface area contributed by atoms with Crippen LogP contribution in [0, 0.1) is 6.92 Å². The van der Waals surface area contributed by atoms with E-state index in [4.69, 9.17) is 0 Å². The molecule has 2 heteroatoms. The van der Waals surface area contributed by atoms with Gasteiger partial charge >= 0.3 is 0 Å². The average Bonchev–Trinajstić information content (AvgIpc) is 2.32. The summed E-state index contributed by atoms with van der Waals surface area (Å²) in [6, 6.07) is 6.10. The zero-order valence-corrected chi connectivity index (χ0v) is 10.8. The zero-order valence-electron chi connectivity index (χ0n) is 10.8. The summed E-state index contributed by atoms with van der Waals surface area (Å²) in [4.78, 5) is 8.89. The minimum absolute atomic E-state index is 0.471. The van der Waals surface area contributed by atoms with Gasteiger partial charge in [-0.3, -0.25) is 9.97 Å². The first kappa shape index (κ1) is 12.6. The Balaban J connectivity index is 0.000000606. The number of rotatable bonds is 1. The lowest BCUT2D eigenvalue weighted by Crippen LogP contribution is -1.94. The molecule has 0 radical (unpaired) electrons. The Bertz CT molecular complexity index is 461. The molecule has 16 heavy (non-hydrogen) atoms. The molecule has 2 aromatic rings. The number of aryl methyl sites for hydroxylation is 1. The molecule has 2 nitrogen and oxygen atoms in total. The maximum absolute atomic E-state index is 4.61. The second-order valence-corrected chi connectivity index (χ2v) is 3.89. The van der Waals surface area contributed by atoms with Crippen LogP contribution in [0.4, 0.5) is 0 Å². The van der Waals surface area contributed by atoms with Crippen LogP contribution >= 0.6 is 0 Å². The van der Waals surface area contributed by atoms with Gasteiger partial charge in [0.15, 0.2) is 0 Å². The van der Waals surface area contributed by atoms with Crippen molar-refractivity contribution in [1.82, 2.24) is 9.97 Å². The van der Waals surface area contributed by atoms with Crippen LogP contribution in [0.2, 0.25) is 0 Å². The summed E-state index contributed by atoms with van der Waals surface area (Å²) >= 11 is 0. The van der Waals surface area contributed by atoms with Crippen molar-refractivity contribution in [3.63, 3.8) is 0 Å². The van der Waals surface area contributed by atoms with Crippen molar-refractivity contribution in [2.24, 2.45) is 0 Å². The van der Waals surface area contributed by atoms with Crippen LogP contribution in [0.25, 0.3) is 11.0 Å². The Hall–Kier alpha value is -1.44. The molecule has 0 bridgehead atoms. The molecule has 0 N–H and O–H groups in total. The number of fused-ring (bicyclic) bond motifs is 1. The molecule has 0 unspecified atom stereocenters. The van der Waals surface area contributed by atoms with E-state index in [9.17, 15) is 0 Å². The van der Waals surface area contributed by atoms with Crippen LogP contribution in [-0.4, -0.2) is 9.97 Å². The number of aromatic nitrogens is 2. The van der Waals surface area contributed by atoms with E-state index in [0.29, 0.717) is 5.92 Å². The molecule has 0 aliphatic carbocycles. The molecule has 2 rings (SSSR count). The van der Waals surface area contributed by atoms with Crippen LogP contribution in [0.5, 0.6) is 0 Å². The SMILES string of the molecule is CC.Cc1ccnc2ccc(C(C)C)nc12. The van der Waals surface area contributed by atoms with Gasteiger partial charge in [-0.1, -0.05) is 27.7 Å². The molecule has 2 aromatic heterocycles. The maximum Gasteiger partial charge on any atom is 0.0919 e. The second-order valence-electron chi connectivity index (χ2n) is 3.89. The fourth-order valence-electron chi connectivity index (χ4n) is 1.49. The lowest BCUT2D eigenvalue weighted by atomic mass is 10.1. The summed E-state index contributed by atoms with van der Waals surface area (Å²) in [5, 5.41) is 0. The summed E-state index contributed by atoms with van der Waals surface area (Å²) in [5.74, 6) is 0.471. The van der Waals surface area contributed by atoms with Crippen molar-refractivity contribution in [2.45, 2.75) is 40.5 Å². The van der Waals surface area contributed by atoms with Gasteiger partial charge in [0.1, 0.15) is 0 Å². The van der Waals surface area contributed by atoms with E-state index in [2.05, 4.69) is 36.8 Å². The highest BCUT2D eigenvalue weighted by Gasteiger charge is 2.04. The topological polar surface area (TPSA) is 25.8 Å². The molecule has 2 heterocycles. The number of hydrogen-bond donors (Lipinski definition) is 0. The third-order valence-corrected chi connectivity index (χ3v) is 2.40. The number of hydrogen-bond acceptors (Lipinski definition) is 2. The predicted molar refractivity (Wildman–Crippen MR) is 69.7 cm³/mol. The van der Waals surface area contributed by atoms with E-state index >= 15 is 0 Å². The Morgan fingerprint density at radius 3 is 2.38 bits per heavy atom. The highest BCUT2D eigenvalue weighted by atomic mass is 14.8. The Kier molecular flexibility index (Phi) is 4.41. The molecule has 0 aromatic carbocycles.